The van der Waals surface area contributed by atoms with Gasteiger partial charge in [0.15, 0.2) is 5.82 Å². The van der Waals surface area contributed by atoms with E-state index >= 15 is 0 Å². The average molecular weight is 383 g/mol. The van der Waals surface area contributed by atoms with Crippen LogP contribution in [0.15, 0.2) is 59.7 Å². The van der Waals surface area contributed by atoms with E-state index in [4.69, 9.17) is 4.89 Å². The van der Waals surface area contributed by atoms with Gasteiger partial charge in [0.05, 0.1) is 6.04 Å². The van der Waals surface area contributed by atoms with Crippen LogP contribution < -0.4 is 16.2 Å². The molecule has 0 spiro atoms. The van der Waals surface area contributed by atoms with Crippen molar-refractivity contribution in [3.8, 4) is 11.5 Å². The number of carbonyl (C=O) groups excluding carboxylic acids is 1. The number of nitrogens with zero attached hydrogens (tertiary/aromatic N) is 2. The molecule has 0 aliphatic rings. The van der Waals surface area contributed by atoms with E-state index in [0.29, 0.717) is 11.0 Å². The first-order valence-corrected chi connectivity index (χ1v) is 9.24. The summed E-state index contributed by atoms with van der Waals surface area (Å²) in [5.41, 5.74) is 0.551. The number of amides is 1. The number of aromatic amines is 1. The van der Waals surface area contributed by atoms with E-state index in [1.165, 1.54) is 18.3 Å². The number of nitrogens with one attached hydrogen (secondary N) is 2. The van der Waals surface area contributed by atoms with E-state index in [2.05, 4.69) is 20.3 Å². The summed E-state index contributed by atoms with van der Waals surface area (Å²) in [6.07, 6.45) is 2.79. The highest BCUT2D eigenvalue weighted by molar-refractivity contribution is 7.47. The summed E-state index contributed by atoms with van der Waals surface area (Å²) in [6, 6.07) is 11.1. The zero-order valence-corrected chi connectivity index (χ0v) is 15.2. The van der Waals surface area contributed by atoms with Gasteiger partial charge in [0.25, 0.3) is 11.5 Å². The summed E-state index contributed by atoms with van der Waals surface area (Å²) in [6.45, 7) is 1.75. The van der Waals surface area contributed by atoms with Gasteiger partial charge in [0.1, 0.15) is 11.3 Å². The van der Waals surface area contributed by atoms with E-state index < -0.39 is 25.5 Å². The summed E-state index contributed by atoms with van der Waals surface area (Å²) in [7, 11) is -2.40. The van der Waals surface area contributed by atoms with Crippen LogP contribution in [-0.2, 0) is 4.57 Å². The number of carbonyl (C=O) groups is 1. The van der Waals surface area contributed by atoms with Gasteiger partial charge in [-0.1, -0.05) is 18.2 Å². The van der Waals surface area contributed by atoms with Gasteiger partial charge in [-0.15, -0.1) is 0 Å². The number of benzene rings is 1. The Labute approximate surface area is 155 Å². The topological polar surface area (TPSA) is 125 Å². The molecule has 136 valence electrons. The van der Waals surface area contributed by atoms with Crippen molar-refractivity contribution in [1.29, 1.82) is 0 Å². The molecule has 2 aromatic heterocycles. The number of aromatic nitrogens is 3. The van der Waals surface area contributed by atoms with Crippen LogP contribution in [0.5, 0.6) is 0 Å². The van der Waals surface area contributed by atoms with E-state index in [-0.39, 0.29) is 11.4 Å². The molecule has 0 saturated carbocycles. The standard InChI is InChI=1S/C18H15N4O4P/c1-11(12-5-7-13(8-6-12)27(25)26)21-17(23)14-10-20-16(22-18(14)24)15-4-2-3-9-19-15/h2-11H,1H3,(H2-,20,21,22,23,24,25,26)/p+1. The molecule has 2 heterocycles. The van der Waals surface area contributed by atoms with Crippen LogP contribution in [0.2, 0.25) is 0 Å². The molecule has 8 nitrogen and oxygen atoms in total. The highest BCUT2D eigenvalue weighted by atomic mass is 31.1. The summed E-state index contributed by atoms with van der Waals surface area (Å²) in [4.78, 5) is 44.5. The second-order valence-corrected chi connectivity index (χ2v) is 6.81. The zero-order valence-electron chi connectivity index (χ0n) is 14.3. The van der Waals surface area contributed by atoms with Crippen molar-refractivity contribution in [2.24, 2.45) is 0 Å². The Morgan fingerprint density at radius 2 is 1.93 bits per heavy atom. The third kappa shape index (κ3) is 4.31. The maximum absolute atomic E-state index is 12.4. The molecular weight excluding hydrogens is 367 g/mol. The normalized spacial score (nSPS) is 12.3. The summed E-state index contributed by atoms with van der Waals surface area (Å²) >= 11 is 0. The average Bonchev–Trinajstić information content (AvgIpc) is 2.68. The molecule has 3 rings (SSSR count). The minimum Gasteiger partial charge on any atom is -0.345 e. The van der Waals surface area contributed by atoms with Crippen molar-refractivity contribution in [2.45, 2.75) is 13.0 Å². The van der Waals surface area contributed by atoms with E-state index in [1.807, 2.05) is 0 Å². The van der Waals surface area contributed by atoms with Crippen LogP contribution in [0.3, 0.4) is 0 Å². The minimum absolute atomic E-state index is 0.114. The Morgan fingerprint density at radius 3 is 2.52 bits per heavy atom. The number of hydrogen-bond donors (Lipinski definition) is 3. The van der Waals surface area contributed by atoms with E-state index in [0.717, 1.165) is 5.56 Å². The lowest BCUT2D eigenvalue weighted by atomic mass is 10.1. The maximum Gasteiger partial charge on any atom is 0.546 e. The van der Waals surface area contributed by atoms with Gasteiger partial charge >= 0.3 is 8.03 Å². The molecule has 0 bridgehead atoms. The largest absolute Gasteiger partial charge is 0.546 e. The lowest BCUT2D eigenvalue weighted by Crippen LogP contribution is -2.32. The smallest absolute Gasteiger partial charge is 0.345 e. The Balaban J connectivity index is 1.76. The molecule has 0 aliphatic carbocycles. The highest BCUT2D eigenvalue weighted by Gasteiger charge is 2.19. The third-order valence-electron chi connectivity index (χ3n) is 3.91. The maximum atomic E-state index is 12.4. The van der Waals surface area contributed by atoms with Gasteiger partial charge in [-0.2, -0.15) is 4.89 Å². The Morgan fingerprint density at radius 1 is 1.19 bits per heavy atom. The zero-order chi connectivity index (χ0) is 19.4. The number of hydrogen-bond acceptors (Lipinski definition) is 5. The van der Waals surface area contributed by atoms with Crippen LogP contribution in [-0.4, -0.2) is 25.8 Å². The van der Waals surface area contributed by atoms with Crippen LogP contribution >= 0.6 is 8.03 Å². The molecule has 2 unspecified atom stereocenters. The van der Waals surface area contributed by atoms with Crippen molar-refractivity contribution >= 4 is 19.2 Å². The first kappa shape index (κ1) is 18.6. The fourth-order valence-corrected chi connectivity index (χ4v) is 2.84. The molecule has 3 N–H and O–H groups in total. The first-order chi connectivity index (χ1) is 13.0. The molecule has 1 aromatic carbocycles. The van der Waals surface area contributed by atoms with E-state index in [1.54, 1.807) is 43.5 Å². The minimum atomic E-state index is -2.40. The van der Waals surface area contributed by atoms with Crippen molar-refractivity contribution in [3.05, 3.63) is 76.3 Å². The molecule has 0 aliphatic heterocycles. The predicted octanol–water partition coefficient (Wildman–Crippen LogP) is 1.68. The van der Waals surface area contributed by atoms with Gasteiger partial charge in [0.2, 0.25) is 5.30 Å². The fraction of sp³-hybridized carbons (Fsp3) is 0.111. The quantitative estimate of drug-likeness (QED) is 0.576. The Hall–Kier alpha value is -3.22. The molecule has 3 aromatic rings. The molecule has 2 atom stereocenters. The molecule has 0 fully saturated rings. The summed E-state index contributed by atoms with van der Waals surface area (Å²) in [5, 5.41) is 3.02. The Kier molecular flexibility index (Phi) is 5.49. The predicted molar refractivity (Wildman–Crippen MR) is 99.9 cm³/mol. The number of rotatable bonds is 5. The van der Waals surface area contributed by atoms with Crippen molar-refractivity contribution in [2.75, 3.05) is 0 Å². The Bertz CT molecular complexity index is 1040. The van der Waals surface area contributed by atoms with Gasteiger partial charge in [0, 0.05) is 12.4 Å². The second-order valence-electron chi connectivity index (χ2n) is 5.75. The first-order valence-electron chi connectivity index (χ1n) is 8.03. The van der Waals surface area contributed by atoms with Crippen LogP contribution in [0, 0.1) is 0 Å². The lowest BCUT2D eigenvalue weighted by Gasteiger charge is -2.13. The second kappa shape index (κ2) is 7.99. The highest BCUT2D eigenvalue weighted by Crippen LogP contribution is 2.17. The van der Waals surface area contributed by atoms with Crippen LogP contribution in [0.1, 0.15) is 28.9 Å². The molecular formula is C18H16N4O4P+. The summed E-state index contributed by atoms with van der Waals surface area (Å²) < 4.78 is 11.0. The van der Waals surface area contributed by atoms with Crippen molar-refractivity contribution in [3.63, 3.8) is 0 Å². The SMILES string of the molecule is CC(NC(=O)c1cnc(-c2ccccn2)[nH]c1=O)c1ccc([P+](=O)O)cc1. The lowest BCUT2D eigenvalue weighted by molar-refractivity contribution is 0.0938. The molecule has 0 radical (unpaired) electrons. The van der Waals surface area contributed by atoms with Gasteiger partial charge < -0.3 is 10.3 Å². The van der Waals surface area contributed by atoms with Gasteiger partial charge in [-0.25, -0.2) is 4.98 Å². The summed E-state index contributed by atoms with van der Waals surface area (Å²) in [5.74, 6) is -0.292. The fourth-order valence-electron chi connectivity index (χ4n) is 2.44. The molecule has 9 heteroatoms. The number of H-pyrrole nitrogens is 1. The molecule has 0 saturated heterocycles. The van der Waals surface area contributed by atoms with Crippen molar-refractivity contribution < 1.29 is 14.3 Å². The number of pyridine rings is 1. The molecule has 27 heavy (non-hydrogen) atoms. The van der Waals surface area contributed by atoms with E-state index in [9.17, 15) is 14.2 Å². The van der Waals surface area contributed by atoms with Crippen LogP contribution in [0.4, 0.5) is 0 Å². The van der Waals surface area contributed by atoms with Crippen LogP contribution in [0.25, 0.3) is 11.5 Å². The third-order valence-corrected chi connectivity index (χ3v) is 4.65. The molecule has 1 amide bonds. The van der Waals surface area contributed by atoms with Gasteiger partial charge in [-0.3, -0.25) is 14.6 Å². The monoisotopic (exact) mass is 383 g/mol. The van der Waals surface area contributed by atoms with Gasteiger partial charge in [-0.05, 0) is 41.3 Å². The van der Waals surface area contributed by atoms with Crippen molar-refractivity contribution in [1.82, 2.24) is 20.3 Å².